The van der Waals surface area contributed by atoms with Crippen LogP contribution in [-0.2, 0) is 6.54 Å². The highest BCUT2D eigenvalue weighted by atomic mass is 35.5. The number of hydrogen-bond acceptors (Lipinski definition) is 2. The molecule has 0 aliphatic heterocycles. The molecule has 1 atom stereocenters. The Labute approximate surface area is 119 Å². The second-order valence-electron chi connectivity index (χ2n) is 4.57. The van der Waals surface area contributed by atoms with Gasteiger partial charge in [0.2, 0.25) is 0 Å². The summed E-state index contributed by atoms with van der Waals surface area (Å²) in [5.41, 5.74) is 3.40. The van der Waals surface area contributed by atoms with Gasteiger partial charge in [-0.25, -0.2) is 0 Å². The molecule has 3 nitrogen and oxygen atoms in total. The first kappa shape index (κ1) is 14.1. The van der Waals surface area contributed by atoms with Crippen molar-refractivity contribution in [3.05, 3.63) is 52.3 Å². The van der Waals surface area contributed by atoms with Gasteiger partial charge in [-0.15, -0.1) is 0 Å². The van der Waals surface area contributed by atoms with Crippen molar-refractivity contribution in [1.82, 2.24) is 15.1 Å². The van der Waals surface area contributed by atoms with E-state index in [9.17, 15) is 0 Å². The van der Waals surface area contributed by atoms with Gasteiger partial charge in [0, 0.05) is 11.6 Å². The van der Waals surface area contributed by atoms with Gasteiger partial charge in [-0.3, -0.25) is 4.68 Å². The van der Waals surface area contributed by atoms with Crippen molar-refractivity contribution in [3.63, 3.8) is 0 Å². The molecule has 0 saturated heterocycles. The van der Waals surface area contributed by atoms with Gasteiger partial charge in [0.1, 0.15) is 0 Å². The molecule has 19 heavy (non-hydrogen) atoms. The Bertz CT molecular complexity index is 548. The smallest absolute Gasteiger partial charge is 0.0748 e. The molecule has 0 bridgehead atoms. The van der Waals surface area contributed by atoms with Gasteiger partial charge >= 0.3 is 0 Å². The minimum absolute atomic E-state index is 0.129. The van der Waals surface area contributed by atoms with Crippen LogP contribution in [0.15, 0.2) is 30.3 Å². The SMILES string of the molecule is CCNC(c1cccc(Cl)c1)c1cc(C)nn1CC. The van der Waals surface area contributed by atoms with Crippen molar-refractivity contribution >= 4 is 11.6 Å². The number of nitrogens with zero attached hydrogens (tertiary/aromatic N) is 2. The third kappa shape index (κ3) is 3.17. The molecule has 2 rings (SSSR count). The lowest BCUT2D eigenvalue weighted by Gasteiger charge is -2.19. The zero-order chi connectivity index (χ0) is 13.8. The maximum absolute atomic E-state index is 6.11. The maximum atomic E-state index is 6.11. The maximum Gasteiger partial charge on any atom is 0.0748 e. The summed E-state index contributed by atoms with van der Waals surface area (Å²) in [6.45, 7) is 8.00. The van der Waals surface area contributed by atoms with Crippen LogP contribution in [0.5, 0.6) is 0 Å². The Morgan fingerprint density at radius 3 is 2.74 bits per heavy atom. The van der Waals surface area contributed by atoms with Crippen molar-refractivity contribution in [1.29, 1.82) is 0 Å². The van der Waals surface area contributed by atoms with E-state index in [0.29, 0.717) is 0 Å². The van der Waals surface area contributed by atoms with Crippen LogP contribution in [0.2, 0.25) is 5.02 Å². The Morgan fingerprint density at radius 1 is 1.32 bits per heavy atom. The number of nitrogens with one attached hydrogen (secondary N) is 1. The lowest BCUT2D eigenvalue weighted by molar-refractivity contribution is 0.541. The average Bonchev–Trinajstić information content (AvgIpc) is 2.77. The molecule has 1 heterocycles. The fourth-order valence-corrected chi connectivity index (χ4v) is 2.53. The fourth-order valence-electron chi connectivity index (χ4n) is 2.33. The topological polar surface area (TPSA) is 29.9 Å². The molecular weight excluding hydrogens is 258 g/mol. The van der Waals surface area contributed by atoms with E-state index in [1.54, 1.807) is 0 Å². The largest absolute Gasteiger partial charge is 0.305 e. The lowest BCUT2D eigenvalue weighted by atomic mass is 10.0. The molecule has 0 fully saturated rings. The van der Waals surface area contributed by atoms with Gasteiger partial charge in [-0.05, 0) is 44.2 Å². The zero-order valence-corrected chi connectivity index (χ0v) is 12.4. The summed E-state index contributed by atoms with van der Waals surface area (Å²) in [7, 11) is 0. The third-order valence-corrected chi connectivity index (χ3v) is 3.35. The van der Waals surface area contributed by atoms with E-state index in [0.717, 1.165) is 23.8 Å². The van der Waals surface area contributed by atoms with Gasteiger partial charge < -0.3 is 5.32 Å². The van der Waals surface area contributed by atoms with E-state index in [4.69, 9.17) is 11.6 Å². The van der Waals surface area contributed by atoms with E-state index in [-0.39, 0.29) is 6.04 Å². The molecular formula is C15H20ClN3. The van der Waals surface area contributed by atoms with Crippen LogP contribution in [0, 0.1) is 6.92 Å². The molecule has 0 aliphatic rings. The molecule has 0 radical (unpaired) electrons. The lowest BCUT2D eigenvalue weighted by Crippen LogP contribution is -2.24. The summed E-state index contributed by atoms with van der Waals surface area (Å²) in [5, 5.41) is 8.80. The molecule has 1 aromatic carbocycles. The minimum atomic E-state index is 0.129. The summed E-state index contributed by atoms with van der Waals surface area (Å²) in [6.07, 6.45) is 0. The van der Waals surface area contributed by atoms with Crippen LogP contribution in [0.25, 0.3) is 0 Å². The average molecular weight is 278 g/mol. The highest BCUT2D eigenvalue weighted by molar-refractivity contribution is 6.30. The molecule has 2 aromatic rings. The van der Waals surface area contributed by atoms with E-state index in [1.165, 1.54) is 11.3 Å². The van der Waals surface area contributed by atoms with Crippen LogP contribution in [0.1, 0.15) is 36.8 Å². The van der Waals surface area contributed by atoms with Gasteiger partial charge in [0.25, 0.3) is 0 Å². The Hall–Kier alpha value is -1.32. The van der Waals surface area contributed by atoms with Crippen molar-refractivity contribution in [2.45, 2.75) is 33.4 Å². The van der Waals surface area contributed by atoms with E-state index in [1.807, 2.05) is 29.8 Å². The van der Waals surface area contributed by atoms with Gasteiger partial charge in [0.05, 0.1) is 17.4 Å². The zero-order valence-electron chi connectivity index (χ0n) is 11.7. The van der Waals surface area contributed by atoms with Crippen LogP contribution >= 0.6 is 11.6 Å². The number of hydrogen-bond donors (Lipinski definition) is 1. The number of aromatic nitrogens is 2. The number of aryl methyl sites for hydroxylation is 2. The molecule has 0 saturated carbocycles. The minimum Gasteiger partial charge on any atom is -0.305 e. The van der Waals surface area contributed by atoms with E-state index in [2.05, 4.69) is 36.4 Å². The van der Waals surface area contributed by atoms with E-state index < -0.39 is 0 Å². The summed E-state index contributed by atoms with van der Waals surface area (Å²) in [6, 6.07) is 10.3. The predicted octanol–water partition coefficient (Wildman–Crippen LogP) is 3.56. The summed E-state index contributed by atoms with van der Waals surface area (Å²) in [5.74, 6) is 0. The van der Waals surface area contributed by atoms with Crippen molar-refractivity contribution in [3.8, 4) is 0 Å². The quantitative estimate of drug-likeness (QED) is 0.906. The Kier molecular flexibility index (Phi) is 4.61. The molecule has 0 amide bonds. The Morgan fingerprint density at radius 2 is 2.11 bits per heavy atom. The molecule has 1 N–H and O–H groups in total. The first-order valence-electron chi connectivity index (χ1n) is 6.68. The predicted molar refractivity (Wildman–Crippen MR) is 79.6 cm³/mol. The normalized spacial score (nSPS) is 12.6. The second kappa shape index (κ2) is 6.22. The van der Waals surface area contributed by atoms with Crippen LogP contribution < -0.4 is 5.32 Å². The van der Waals surface area contributed by atoms with E-state index >= 15 is 0 Å². The summed E-state index contributed by atoms with van der Waals surface area (Å²) in [4.78, 5) is 0. The Balaban J connectivity index is 2.44. The standard InChI is InChI=1S/C15H20ClN3/c1-4-17-15(12-7-6-8-13(16)10-12)14-9-11(3)18-19(14)5-2/h6-10,15,17H,4-5H2,1-3H3. The monoisotopic (exact) mass is 277 g/mol. The number of rotatable bonds is 5. The van der Waals surface area contributed by atoms with Crippen LogP contribution in [-0.4, -0.2) is 16.3 Å². The summed E-state index contributed by atoms with van der Waals surface area (Å²) >= 11 is 6.11. The molecule has 0 spiro atoms. The third-order valence-electron chi connectivity index (χ3n) is 3.12. The molecule has 0 aliphatic carbocycles. The molecule has 102 valence electrons. The first-order chi connectivity index (χ1) is 9.15. The van der Waals surface area contributed by atoms with Crippen molar-refractivity contribution in [2.24, 2.45) is 0 Å². The second-order valence-corrected chi connectivity index (χ2v) is 5.01. The number of halogens is 1. The highest BCUT2D eigenvalue weighted by Gasteiger charge is 2.18. The first-order valence-corrected chi connectivity index (χ1v) is 7.06. The van der Waals surface area contributed by atoms with Crippen LogP contribution in [0.4, 0.5) is 0 Å². The molecule has 4 heteroatoms. The van der Waals surface area contributed by atoms with Crippen molar-refractivity contribution in [2.75, 3.05) is 6.54 Å². The van der Waals surface area contributed by atoms with Gasteiger partial charge in [-0.1, -0.05) is 30.7 Å². The fraction of sp³-hybridized carbons (Fsp3) is 0.400. The molecule has 1 unspecified atom stereocenters. The molecule has 1 aromatic heterocycles. The highest BCUT2D eigenvalue weighted by Crippen LogP contribution is 2.25. The van der Waals surface area contributed by atoms with Gasteiger partial charge in [-0.2, -0.15) is 5.10 Å². The summed E-state index contributed by atoms with van der Waals surface area (Å²) < 4.78 is 2.05. The van der Waals surface area contributed by atoms with Gasteiger partial charge in [0.15, 0.2) is 0 Å². The number of benzene rings is 1. The van der Waals surface area contributed by atoms with Crippen LogP contribution in [0.3, 0.4) is 0 Å². The van der Waals surface area contributed by atoms with Crippen molar-refractivity contribution < 1.29 is 0 Å².